The summed E-state index contributed by atoms with van der Waals surface area (Å²) in [6.07, 6.45) is 0. The lowest BCUT2D eigenvalue weighted by molar-refractivity contribution is 0.244. The van der Waals surface area contributed by atoms with Crippen LogP contribution in [0.15, 0.2) is 76.3 Å². The molecular formula is C24H19FN4O3S. The minimum Gasteiger partial charge on any atom is -0.497 e. The quantitative estimate of drug-likeness (QED) is 0.415. The fraction of sp³-hybridized carbons (Fsp3) is 0.125. The molecule has 33 heavy (non-hydrogen) atoms. The van der Waals surface area contributed by atoms with Gasteiger partial charge >= 0.3 is 6.03 Å². The van der Waals surface area contributed by atoms with Gasteiger partial charge in [-0.25, -0.2) is 9.18 Å². The van der Waals surface area contributed by atoms with E-state index in [1.165, 1.54) is 28.4 Å². The molecule has 0 radical (unpaired) electrons. The van der Waals surface area contributed by atoms with Gasteiger partial charge in [-0.05, 0) is 60.3 Å². The zero-order valence-electron chi connectivity index (χ0n) is 17.8. The number of halogens is 1. The first-order valence-corrected chi connectivity index (χ1v) is 11.0. The Morgan fingerprint density at radius 3 is 2.67 bits per heavy atom. The molecule has 2 amide bonds. The van der Waals surface area contributed by atoms with Crippen LogP contribution in [0.5, 0.6) is 5.75 Å². The Kier molecular flexibility index (Phi) is 5.39. The van der Waals surface area contributed by atoms with E-state index in [9.17, 15) is 9.18 Å². The number of aromatic nitrogens is 2. The van der Waals surface area contributed by atoms with E-state index in [1.54, 1.807) is 50.4 Å². The van der Waals surface area contributed by atoms with Crippen LogP contribution in [-0.4, -0.2) is 23.3 Å². The Balaban J connectivity index is 1.65. The van der Waals surface area contributed by atoms with E-state index >= 15 is 0 Å². The third kappa shape index (κ3) is 3.87. The number of hydrogen-bond donors (Lipinski definition) is 1. The van der Waals surface area contributed by atoms with Gasteiger partial charge in [-0.3, -0.25) is 4.90 Å². The van der Waals surface area contributed by atoms with E-state index in [0.29, 0.717) is 34.1 Å². The average Bonchev–Trinajstić information content (AvgIpc) is 3.51. The van der Waals surface area contributed by atoms with E-state index < -0.39 is 11.9 Å². The molecule has 0 saturated heterocycles. The van der Waals surface area contributed by atoms with Crippen molar-refractivity contribution in [2.45, 2.75) is 13.0 Å². The number of urea groups is 1. The minimum absolute atomic E-state index is 0.253. The number of anilines is 1. The molecule has 1 unspecified atom stereocenters. The largest absolute Gasteiger partial charge is 0.497 e. The molecule has 0 saturated carbocycles. The molecule has 1 atom stereocenters. The van der Waals surface area contributed by atoms with Crippen molar-refractivity contribution in [1.82, 2.24) is 15.5 Å². The van der Waals surface area contributed by atoms with Crippen molar-refractivity contribution in [2.24, 2.45) is 0 Å². The number of thiophene rings is 1. The predicted octanol–water partition coefficient (Wildman–Crippen LogP) is 5.65. The zero-order chi connectivity index (χ0) is 22.9. The molecule has 1 aliphatic heterocycles. The molecule has 9 heteroatoms. The molecule has 3 heterocycles. The molecule has 2 aromatic carbocycles. The van der Waals surface area contributed by atoms with Crippen molar-refractivity contribution in [3.8, 4) is 16.5 Å². The van der Waals surface area contributed by atoms with Crippen LogP contribution in [0.1, 0.15) is 24.4 Å². The molecule has 0 fully saturated rings. The molecule has 4 aromatic rings. The predicted molar refractivity (Wildman–Crippen MR) is 123 cm³/mol. The van der Waals surface area contributed by atoms with Crippen LogP contribution in [0.3, 0.4) is 0 Å². The Bertz CT molecular complexity index is 1330. The fourth-order valence-corrected chi connectivity index (χ4v) is 4.49. The lowest BCUT2D eigenvalue weighted by Gasteiger charge is -2.35. The van der Waals surface area contributed by atoms with Gasteiger partial charge in [-0.15, -0.1) is 11.3 Å². The molecule has 0 spiro atoms. The first kappa shape index (κ1) is 20.9. The average molecular weight is 463 g/mol. The van der Waals surface area contributed by atoms with Crippen LogP contribution < -0.4 is 15.0 Å². The van der Waals surface area contributed by atoms with Gasteiger partial charge in [0, 0.05) is 5.70 Å². The van der Waals surface area contributed by atoms with E-state index in [-0.39, 0.29) is 11.9 Å². The number of nitrogens with zero attached hydrogens (tertiary/aromatic N) is 3. The molecule has 7 nitrogen and oxygen atoms in total. The van der Waals surface area contributed by atoms with Crippen LogP contribution in [0, 0.1) is 5.82 Å². The number of amides is 2. The SMILES string of the molecule is COc1ccc(N2C(=O)NC(c3cccc(F)c3)C(c3nc(-c4cccs4)no3)=C2C)cc1. The number of nitrogens with one attached hydrogen (secondary N) is 1. The van der Waals surface area contributed by atoms with Gasteiger partial charge in [0.05, 0.1) is 29.3 Å². The van der Waals surface area contributed by atoms with Crippen molar-refractivity contribution in [3.05, 3.63) is 89.0 Å². The van der Waals surface area contributed by atoms with Gasteiger partial charge in [-0.1, -0.05) is 23.4 Å². The van der Waals surface area contributed by atoms with E-state index in [1.807, 2.05) is 17.5 Å². The maximum atomic E-state index is 14.0. The highest BCUT2D eigenvalue weighted by molar-refractivity contribution is 7.13. The summed E-state index contributed by atoms with van der Waals surface area (Å²) < 4.78 is 24.9. The van der Waals surface area contributed by atoms with Crippen molar-refractivity contribution in [2.75, 3.05) is 12.0 Å². The summed E-state index contributed by atoms with van der Waals surface area (Å²) in [6, 6.07) is 16.0. The summed E-state index contributed by atoms with van der Waals surface area (Å²) in [5.74, 6) is 0.976. The summed E-state index contributed by atoms with van der Waals surface area (Å²) in [4.78, 5) is 20.2. The topological polar surface area (TPSA) is 80.5 Å². The van der Waals surface area contributed by atoms with Gasteiger partial charge < -0.3 is 14.6 Å². The number of methoxy groups -OCH3 is 1. The Labute approximate surface area is 193 Å². The Hall–Kier alpha value is -3.98. The molecule has 5 rings (SSSR count). The van der Waals surface area contributed by atoms with Crippen LogP contribution >= 0.6 is 11.3 Å². The van der Waals surface area contributed by atoms with Gasteiger partial charge in [0.15, 0.2) is 0 Å². The standard InChI is InChI=1S/C24H19FN4O3S/c1-14-20(23-27-22(28-32-23)19-7-4-12-33-19)21(15-5-3-6-16(25)13-15)26-24(30)29(14)17-8-10-18(31-2)11-9-17/h3-13,21H,1-2H3,(H,26,30). The van der Waals surface area contributed by atoms with E-state index in [4.69, 9.17) is 9.26 Å². The van der Waals surface area contributed by atoms with Crippen molar-refractivity contribution in [3.63, 3.8) is 0 Å². The lowest BCUT2D eigenvalue weighted by Crippen LogP contribution is -2.46. The lowest BCUT2D eigenvalue weighted by atomic mass is 9.94. The van der Waals surface area contributed by atoms with Gasteiger partial charge in [-0.2, -0.15) is 4.98 Å². The van der Waals surface area contributed by atoms with Gasteiger partial charge in [0.1, 0.15) is 11.6 Å². The third-order valence-electron chi connectivity index (χ3n) is 5.40. The van der Waals surface area contributed by atoms with Gasteiger partial charge in [0.25, 0.3) is 5.89 Å². The second kappa shape index (κ2) is 8.51. The molecule has 1 aliphatic rings. The minimum atomic E-state index is -0.667. The van der Waals surface area contributed by atoms with E-state index in [0.717, 1.165) is 4.88 Å². The molecular weight excluding hydrogens is 443 g/mol. The summed E-state index contributed by atoms with van der Waals surface area (Å²) in [5.41, 5.74) is 2.40. The number of benzene rings is 2. The molecule has 2 aromatic heterocycles. The first-order chi connectivity index (χ1) is 16.0. The monoisotopic (exact) mass is 462 g/mol. The van der Waals surface area contributed by atoms with Crippen LogP contribution in [0.4, 0.5) is 14.9 Å². The molecule has 0 bridgehead atoms. The normalized spacial score (nSPS) is 16.2. The number of carbonyl (C=O) groups is 1. The number of rotatable bonds is 5. The van der Waals surface area contributed by atoms with Crippen molar-refractivity contribution < 1.29 is 18.4 Å². The van der Waals surface area contributed by atoms with Crippen molar-refractivity contribution >= 4 is 28.6 Å². The number of ether oxygens (including phenoxy) is 1. The summed E-state index contributed by atoms with van der Waals surface area (Å²) in [6.45, 7) is 1.81. The fourth-order valence-electron chi connectivity index (χ4n) is 3.84. The first-order valence-electron chi connectivity index (χ1n) is 10.1. The van der Waals surface area contributed by atoms with Gasteiger partial charge in [0.2, 0.25) is 5.82 Å². The van der Waals surface area contributed by atoms with Crippen LogP contribution in [0.2, 0.25) is 0 Å². The number of hydrogen-bond acceptors (Lipinski definition) is 6. The Morgan fingerprint density at radius 2 is 1.97 bits per heavy atom. The number of carbonyl (C=O) groups excluding carboxylic acids is 1. The highest BCUT2D eigenvalue weighted by Crippen LogP contribution is 2.39. The third-order valence-corrected chi connectivity index (χ3v) is 6.26. The highest BCUT2D eigenvalue weighted by atomic mass is 32.1. The molecule has 1 N–H and O–H groups in total. The highest BCUT2D eigenvalue weighted by Gasteiger charge is 2.36. The number of allylic oxidation sites excluding steroid dienone is 1. The second-order valence-electron chi connectivity index (χ2n) is 7.37. The maximum Gasteiger partial charge on any atom is 0.326 e. The summed E-state index contributed by atoms with van der Waals surface area (Å²) in [7, 11) is 1.58. The van der Waals surface area contributed by atoms with E-state index in [2.05, 4.69) is 15.5 Å². The zero-order valence-corrected chi connectivity index (χ0v) is 18.6. The summed E-state index contributed by atoms with van der Waals surface area (Å²) >= 11 is 1.49. The maximum absolute atomic E-state index is 14.0. The molecule has 166 valence electrons. The smallest absolute Gasteiger partial charge is 0.326 e. The molecule has 0 aliphatic carbocycles. The van der Waals surface area contributed by atoms with Crippen LogP contribution in [0.25, 0.3) is 16.3 Å². The summed E-state index contributed by atoms with van der Waals surface area (Å²) in [5, 5.41) is 9.02. The Morgan fingerprint density at radius 1 is 1.15 bits per heavy atom. The van der Waals surface area contributed by atoms with Crippen molar-refractivity contribution in [1.29, 1.82) is 0 Å². The van der Waals surface area contributed by atoms with Crippen LogP contribution in [-0.2, 0) is 0 Å². The second-order valence-corrected chi connectivity index (χ2v) is 8.32.